The molecule has 0 spiro atoms. The van der Waals surface area contributed by atoms with Crippen LogP contribution in [0.2, 0.25) is 5.02 Å². The maximum absolute atomic E-state index is 9.64. The molecule has 0 amide bonds. The molecule has 2 rings (SSSR count). The van der Waals surface area contributed by atoms with Crippen molar-refractivity contribution in [2.45, 2.75) is 26.6 Å². The van der Waals surface area contributed by atoms with Crippen LogP contribution in [0.15, 0.2) is 22.7 Å². The average molecular weight is 269 g/mol. The molecule has 5 nitrogen and oxygen atoms in total. The number of nitrogens with zero attached hydrogens (tertiary/aromatic N) is 2. The van der Waals surface area contributed by atoms with Crippen LogP contribution in [0.3, 0.4) is 0 Å². The van der Waals surface area contributed by atoms with Crippen molar-refractivity contribution >= 4 is 11.6 Å². The predicted octanol–water partition coefficient (Wildman–Crippen LogP) is 2.66. The van der Waals surface area contributed by atoms with Gasteiger partial charge in [-0.25, -0.2) is 0 Å². The second-order valence-electron chi connectivity index (χ2n) is 3.88. The number of aliphatic hydroxyl groups is 1. The third kappa shape index (κ3) is 3.00. The minimum absolute atomic E-state index is 0.179. The fourth-order valence-corrected chi connectivity index (χ4v) is 1.70. The van der Waals surface area contributed by atoms with Gasteiger partial charge in [0.25, 0.3) is 0 Å². The van der Waals surface area contributed by atoms with Crippen LogP contribution in [0.1, 0.15) is 30.3 Å². The van der Waals surface area contributed by atoms with Gasteiger partial charge in [-0.2, -0.15) is 4.98 Å². The first kappa shape index (κ1) is 12.9. The van der Waals surface area contributed by atoms with E-state index in [0.29, 0.717) is 28.1 Å². The summed E-state index contributed by atoms with van der Waals surface area (Å²) in [7, 11) is 0. The van der Waals surface area contributed by atoms with E-state index in [4.69, 9.17) is 20.9 Å². The molecule has 0 saturated heterocycles. The number of ether oxygens (including phenoxy) is 1. The SMILES string of the molecule is Cc1nc(COc2ccc(Cl)cc2[C@H](C)O)no1. The smallest absolute Gasteiger partial charge is 0.223 e. The Morgan fingerprint density at radius 2 is 2.28 bits per heavy atom. The lowest BCUT2D eigenvalue weighted by Crippen LogP contribution is -2.02. The molecule has 0 radical (unpaired) electrons. The number of benzene rings is 1. The molecule has 0 aliphatic heterocycles. The van der Waals surface area contributed by atoms with Crippen molar-refractivity contribution in [1.29, 1.82) is 0 Å². The van der Waals surface area contributed by atoms with Crippen LogP contribution >= 0.6 is 11.6 Å². The molecule has 0 aliphatic carbocycles. The van der Waals surface area contributed by atoms with Crippen LogP contribution < -0.4 is 4.74 Å². The first-order valence-electron chi connectivity index (χ1n) is 5.46. The summed E-state index contributed by atoms with van der Waals surface area (Å²) < 4.78 is 10.4. The topological polar surface area (TPSA) is 68.4 Å². The number of hydrogen-bond donors (Lipinski definition) is 1. The van der Waals surface area contributed by atoms with Gasteiger partial charge in [0, 0.05) is 17.5 Å². The van der Waals surface area contributed by atoms with Crippen molar-refractivity contribution in [2.75, 3.05) is 0 Å². The fraction of sp³-hybridized carbons (Fsp3) is 0.333. The quantitative estimate of drug-likeness (QED) is 0.923. The van der Waals surface area contributed by atoms with Gasteiger partial charge in [0.15, 0.2) is 6.61 Å². The van der Waals surface area contributed by atoms with Crippen LogP contribution in [0.5, 0.6) is 5.75 Å². The monoisotopic (exact) mass is 268 g/mol. The average Bonchev–Trinajstić information content (AvgIpc) is 2.73. The van der Waals surface area contributed by atoms with Crippen molar-refractivity contribution in [1.82, 2.24) is 10.1 Å². The molecule has 0 fully saturated rings. The number of aromatic nitrogens is 2. The fourth-order valence-electron chi connectivity index (χ4n) is 1.52. The van der Waals surface area contributed by atoms with Crippen LogP contribution in [0.25, 0.3) is 0 Å². The first-order valence-corrected chi connectivity index (χ1v) is 5.83. The second kappa shape index (κ2) is 5.37. The molecule has 2 aromatic rings. The van der Waals surface area contributed by atoms with E-state index in [2.05, 4.69) is 10.1 Å². The number of halogens is 1. The van der Waals surface area contributed by atoms with E-state index in [1.54, 1.807) is 32.0 Å². The van der Waals surface area contributed by atoms with Gasteiger partial charge in [-0.15, -0.1) is 0 Å². The molecule has 0 saturated carbocycles. The molecule has 0 bridgehead atoms. The van der Waals surface area contributed by atoms with Crippen molar-refractivity contribution in [3.05, 3.63) is 40.5 Å². The van der Waals surface area contributed by atoms with E-state index >= 15 is 0 Å². The molecule has 0 unspecified atom stereocenters. The maximum Gasteiger partial charge on any atom is 0.223 e. The van der Waals surface area contributed by atoms with E-state index in [-0.39, 0.29) is 6.61 Å². The van der Waals surface area contributed by atoms with Gasteiger partial charge >= 0.3 is 0 Å². The second-order valence-corrected chi connectivity index (χ2v) is 4.31. The predicted molar refractivity (Wildman–Crippen MR) is 65.5 cm³/mol. The molecular weight excluding hydrogens is 256 g/mol. The molecular formula is C12H13ClN2O3. The van der Waals surface area contributed by atoms with E-state index in [1.165, 1.54) is 0 Å². The zero-order chi connectivity index (χ0) is 13.1. The Kier molecular flexibility index (Phi) is 3.84. The Hall–Kier alpha value is -1.59. The molecule has 1 atom stereocenters. The van der Waals surface area contributed by atoms with Gasteiger partial charge in [0.05, 0.1) is 6.10 Å². The van der Waals surface area contributed by atoms with Gasteiger partial charge in [-0.1, -0.05) is 16.8 Å². The van der Waals surface area contributed by atoms with Gasteiger partial charge in [0.2, 0.25) is 11.7 Å². The molecule has 1 aromatic heterocycles. The van der Waals surface area contributed by atoms with E-state index in [9.17, 15) is 5.11 Å². The van der Waals surface area contributed by atoms with E-state index in [1.807, 2.05) is 0 Å². The highest BCUT2D eigenvalue weighted by Gasteiger charge is 2.11. The van der Waals surface area contributed by atoms with E-state index in [0.717, 1.165) is 0 Å². The van der Waals surface area contributed by atoms with Crippen LogP contribution in [-0.4, -0.2) is 15.2 Å². The lowest BCUT2D eigenvalue weighted by molar-refractivity contribution is 0.189. The summed E-state index contributed by atoms with van der Waals surface area (Å²) in [5.41, 5.74) is 0.628. The minimum atomic E-state index is -0.661. The van der Waals surface area contributed by atoms with Gasteiger partial charge in [-0.05, 0) is 25.1 Å². The molecule has 96 valence electrons. The Morgan fingerprint density at radius 3 is 2.89 bits per heavy atom. The molecule has 6 heteroatoms. The molecule has 1 aromatic carbocycles. The Morgan fingerprint density at radius 1 is 1.50 bits per heavy atom. The Bertz CT molecular complexity index is 540. The number of aliphatic hydroxyl groups excluding tert-OH is 1. The lowest BCUT2D eigenvalue weighted by Gasteiger charge is -2.12. The van der Waals surface area contributed by atoms with Gasteiger partial charge < -0.3 is 14.4 Å². The Labute approximate surface area is 109 Å². The van der Waals surface area contributed by atoms with Gasteiger partial charge in [0.1, 0.15) is 5.75 Å². The minimum Gasteiger partial charge on any atom is -0.485 e. The van der Waals surface area contributed by atoms with Crippen LogP contribution in [0, 0.1) is 6.92 Å². The first-order chi connectivity index (χ1) is 8.56. The molecule has 1 heterocycles. The third-order valence-corrected chi connectivity index (χ3v) is 2.58. The standard InChI is InChI=1S/C12H13ClN2O3/c1-7(16)10-5-9(13)3-4-11(10)17-6-12-14-8(2)18-15-12/h3-5,7,16H,6H2,1-2H3/t7-/m0/s1. The van der Waals surface area contributed by atoms with Crippen molar-refractivity contribution < 1.29 is 14.4 Å². The van der Waals surface area contributed by atoms with Crippen LogP contribution in [-0.2, 0) is 6.61 Å². The number of aryl methyl sites for hydroxylation is 1. The summed E-state index contributed by atoms with van der Waals surface area (Å²) in [4.78, 5) is 4.03. The normalized spacial score (nSPS) is 12.4. The molecule has 18 heavy (non-hydrogen) atoms. The summed E-state index contributed by atoms with van der Waals surface area (Å²) in [5.74, 6) is 1.50. The third-order valence-electron chi connectivity index (χ3n) is 2.35. The summed E-state index contributed by atoms with van der Waals surface area (Å²) in [5, 5.41) is 13.9. The Balaban J connectivity index is 2.13. The van der Waals surface area contributed by atoms with Gasteiger partial charge in [-0.3, -0.25) is 0 Å². The summed E-state index contributed by atoms with van der Waals surface area (Å²) in [6.07, 6.45) is -0.661. The highest BCUT2D eigenvalue weighted by Crippen LogP contribution is 2.28. The zero-order valence-electron chi connectivity index (χ0n) is 10.1. The van der Waals surface area contributed by atoms with Crippen molar-refractivity contribution in [3.8, 4) is 5.75 Å². The summed E-state index contributed by atoms with van der Waals surface area (Å²) >= 11 is 5.88. The molecule has 0 aliphatic rings. The molecule has 1 N–H and O–H groups in total. The summed E-state index contributed by atoms with van der Waals surface area (Å²) in [6, 6.07) is 5.07. The largest absolute Gasteiger partial charge is 0.485 e. The summed E-state index contributed by atoms with van der Waals surface area (Å²) in [6.45, 7) is 3.54. The highest BCUT2D eigenvalue weighted by atomic mass is 35.5. The lowest BCUT2D eigenvalue weighted by atomic mass is 10.1. The van der Waals surface area contributed by atoms with E-state index < -0.39 is 6.10 Å². The number of rotatable bonds is 4. The maximum atomic E-state index is 9.64. The number of hydrogen-bond acceptors (Lipinski definition) is 5. The van der Waals surface area contributed by atoms with Crippen LogP contribution in [0.4, 0.5) is 0 Å². The van der Waals surface area contributed by atoms with Crippen molar-refractivity contribution in [2.24, 2.45) is 0 Å². The zero-order valence-corrected chi connectivity index (χ0v) is 10.8. The highest BCUT2D eigenvalue weighted by molar-refractivity contribution is 6.30. The van der Waals surface area contributed by atoms with Crippen molar-refractivity contribution in [3.63, 3.8) is 0 Å².